The molecular formula is C17H27ClN2O3. The number of unbranched alkanes of at least 4 members (excludes halogenated alkanes) is 1. The van der Waals surface area contributed by atoms with Crippen LogP contribution in [0, 0.1) is 0 Å². The van der Waals surface area contributed by atoms with Crippen molar-refractivity contribution in [2.45, 2.75) is 39.2 Å². The molecule has 2 rings (SSSR count). The molecule has 6 heteroatoms. The molecule has 0 unspecified atom stereocenters. The van der Waals surface area contributed by atoms with Crippen LogP contribution in [0.4, 0.5) is 0 Å². The minimum atomic E-state index is 0. The molecule has 5 nitrogen and oxygen atoms in total. The maximum atomic E-state index is 12.5. The Hall–Kier alpha value is -1.46. The lowest BCUT2D eigenvalue weighted by Gasteiger charge is -2.17. The summed E-state index contributed by atoms with van der Waals surface area (Å²) in [4.78, 5) is 14.3. The predicted octanol–water partition coefficient (Wildman–Crippen LogP) is 2.86. The topological polar surface area (TPSA) is 64.8 Å². The smallest absolute Gasteiger partial charge is 0.254 e. The van der Waals surface area contributed by atoms with E-state index >= 15 is 0 Å². The number of rotatable bonds is 7. The van der Waals surface area contributed by atoms with Crippen LogP contribution in [0.25, 0.3) is 0 Å². The molecule has 0 radical (unpaired) electrons. The Kier molecular flexibility index (Phi) is 8.20. The lowest BCUT2D eigenvalue weighted by Crippen LogP contribution is -2.31. The van der Waals surface area contributed by atoms with Crippen molar-refractivity contribution in [3.63, 3.8) is 0 Å². The van der Waals surface area contributed by atoms with Crippen molar-refractivity contribution >= 4 is 18.3 Å². The first-order valence-electron chi connectivity index (χ1n) is 8.10. The molecule has 1 aliphatic rings. The van der Waals surface area contributed by atoms with Gasteiger partial charge in [0.25, 0.3) is 5.91 Å². The van der Waals surface area contributed by atoms with Gasteiger partial charge >= 0.3 is 0 Å². The number of likely N-dealkylation sites (tertiary alicyclic amines) is 1. The lowest BCUT2D eigenvalue weighted by atomic mass is 10.1. The van der Waals surface area contributed by atoms with Gasteiger partial charge in [0.2, 0.25) is 0 Å². The van der Waals surface area contributed by atoms with Crippen LogP contribution in [-0.4, -0.2) is 43.2 Å². The van der Waals surface area contributed by atoms with E-state index in [0.717, 1.165) is 25.8 Å². The first-order valence-corrected chi connectivity index (χ1v) is 8.10. The Morgan fingerprint density at radius 3 is 2.70 bits per heavy atom. The second-order valence-corrected chi connectivity index (χ2v) is 5.60. The highest BCUT2D eigenvalue weighted by atomic mass is 35.5. The molecule has 0 saturated carbocycles. The van der Waals surface area contributed by atoms with Crippen LogP contribution in [0.5, 0.6) is 11.5 Å². The second kappa shape index (κ2) is 9.63. The van der Waals surface area contributed by atoms with Crippen LogP contribution < -0.4 is 15.2 Å². The van der Waals surface area contributed by atoms with Gasteiger partial charge in [-0.2, -0.15) is 0 Å². The summed E-state index contributed by atoms with van der Waals surface area (Å²) in [5.74, 6) is 1.34. The summed E-state index contributed by atoms with van der Waals surface area (Å²) < 4.78 is 11.4. The quantitative estimate of drug-likeness (QED) is 0.774. The highest BCUT2D eigenvalue weighted by Crippen LogP contribution is 2.29. The van der Waals surface area contributed by atoms with E-state index in [0.29, 0.717) is 36.8 Å². The number of hydrogen-bond acceptors (Lipinski definition) is 4. The average Bonchev–Trinajstić information content (AvgIpc) is 2.95. The standard InChI is InChI=1S/C17H26N2O3.ClH/c1-3-5-10-22-15-7-6-13(11-16(15)21-4-2)17(20)19-9-8-14(18)12-19;/h6-7,11,14H,3-5,8-10,12,18H2,1-2H3;1H/t14-;/m1./s1. The molecule has 0 spiro atoms. The molecule has 130 valence electrons. The zero-order valence-electron chi connectivity index (χ0n) is 13.9. The lowest BCUT2D eigenvalue weighted by molar-refractivity contribution is 0.0790. The zero-order valence-corrected chi connectivity index (χ0v) is 14.7. The zero-order chi connectivity index (χ0) is 15.9. The number of hydrogen-bond donors (Lipinski definition) is 1. The van der Waals surface area contributed by atoms with Crippen molar-refractivity contribution in [2.75, 3.05) is 26.3 Å². The number of ether oxygens (including phenoxy) is 2. The molecule has 1 aromatic carbocycles. The van der Waals surface area contributed by atoms with Gasteiger partial charge in [0, 0.05) is 24.7 Å². The molecule has 0 bridgehead atoms. The normalized spacial score (nSPS) is 16.8. The van der Waals surface area contributed by atoms with E-state index in [4.69, 9.17) is 15.2 Å². The van der Waals surface area contributed by atoms with Crippen molar-refractivity contribution in [1.82, 2.24) is 4.90 Å². The predicted molar refractivity (Wildman–Crippen MR) is 93.8 cm³/mol. The number of nitrogens with zero attached hydrogens (tertiary/aromatic N) is 1. The third kappa shape index (κ3) is 5.29. The van der Waals surface area contributed by atoms with E-state index < -0.39 is 0 Å². The monoisotopic (exact) mass is 342 g/mol. The van der Waals surface area contributed by atoms with Gasteiger partial charge in [-0.05, 0) is 38.0 Å². The van der Waals surface area contributed by atoms with Gasteiger partial charge in [0.15, 0.2) is 11.5 Å². The van der Waals surface area contributed by atoms with Crippen molar-refractivity contribution in [2.24, 2.45) is 5.73 Å². The molecule has 1 atom stereocenters. The first kappa shape index (κ1) is 19.6. The number of benzene rings is 1. The fraction of sp³-hybridized carbons (Fsp3) is 0.588. The van der Waals surface area contributed by atoms with Crippen LogP contribution in [0.1, 0.15) is 43.5 Å². The third-order valence-corrected chi connectivity index (χ3v) is 3.76. The van der Waals surface area contributed by atoms with Crippen LogP contribution >= 0.6 is 12.4 Å². The Bertz CT molecular complexity index is 511. The number of carbonyl (C=O) groups is 1. The van der Waals surface area contributed by atoms with Crippen molar-refractivity contribution in [3.05, 3.63) is 23.8 Å². The van der Waals surface area contributed by atoms with Crippen molar-refractivity contribution in [3.8, 4) is 11.5 Å². The SMILES string of the molecule is CCCCOc1ccc(C(=O)N2CC[C@@H](N)C2)cc1OCC.Cl. The molecule has 1 aromatic rings. The minimum Gasteiger partial charge on any atom is -0.490 e. The van der Waals surface area contributed by atoms with Gasteiger partial charge < -0.3 is 20.1 Å². The molecular weight excluding hydrogens is 316 g/mol. The Balaban J connectivity index is 0.00000264. The van der Waals surface area contributed by atoms with Gasteiger partial charge in [-0.1, -0.05) is 13.3 Å². The summed E-state index contributed by atoms with van der Waals surface area (Å²) in [6.45, 7) is 6.58. The first-order chi connectivity index (χ1) is 10.7. The van der Waals surface area contributed by atoms with Gasteiger partial charge in [-0.25, -0.2) is 0 Å². The molecule has 0 aromatic heterocycles. The Morgan fingerprint density at radius 2 is 2.09 bits per heavy atom. The number of amides is 1. The minimum absolute atomic E-state index is 0. The van der Waals surface area contributed by atoms with Crippen LogP contribution in [0.2, 0.25) is 0 Å². The Morgan fingerprint density at radius 1 is 1.30 bits per heavy atom. The highest BCUT2D eigenvalue weighted by molar-refractivity contribution is 5.95. The molecule has 23 heavy (non-hydrogen) atoms. The fourth-order valence-corrected chi connectivity index (χ4v) is 2.51. The summed E-state index contributed by atoms with van der Waals surface area (Å²) >= 11 is 0. The van der Waals surface area contributed by atoms with E-state index in [9.17, 15) is 4.79 Å². The van der Waals surface area contributed by atoms with Crippen LogP contribution in [0.3, 0.4) is 0 Å². The molecule has 1 heterocycles. The van der Waals surface area contributed by atoms with E-state index in [1.54, 1.807) is 17.0 Å². The van der Waals surface area contributed by atoms with Gasteiger partial charge in [-0.15, -0.1) is 12.4 Å². The van der Waals surface area contributed by atoms with Crippen molar-refractivity contribution < 1.29 is 14.3 Å². The van der Waals surface area contributed by atoms with Gasteiger partial charge in [0.05, 0.1) is 13.2 Å². The summed E-state index contributed by atoms with van der Waals surface area (Å²) in [6.07, 6.45) is 2.94. The van der Waals surface area contributed by atoms with E-state index in [1.165, 1.54) is 0 Å². The number of carbonyl (C=O) groups excluding carboxylic acids is 1. The summed E-state index contributed by atoms with van der Waals surface area (Å²) in [5.41, 5.74) is 6.50. The highest BCUT2D eigenvalue weighted by Gasteiger charge is 2.25. The van der Waals surface area contributed by atoms with Gasteiger partial charge in [-0.3, -0.25) is 4.79 Å². The maximum Gasteiger partial charge on any atom is 0.254 e. The molecule has 1 saturated heterocycles. The van der Waals surface area contributed by atoms with Crippen molar-refractivity contribution in [1.29, 1.82) is 0 Å². The molecule has 1 aliphatic heterocycles. The van der Waals surface area contributed by atoms with Gasteiger partial charge in [0.1, 0.15) is 0 Å². The average molecular weight is 343 g/mol. The van der Waals surface area contributed by atoms with Crippen LogP contribution in [-0.2, 0) is 0 Å². The second-order valence-electron chi connectivity index (χ2n) is 5.60. The molecule has 2 N–H and O–H groups in total. The summed E-state index contributed by atoms with van der Waals surface area (Å²) in [7, 11) is 0. The van der Waals surface area contributed by atoms with E-state index in [2.05, 4.69) is 6.92 Å². The fourth-order valence-electron chi connectivity index (χ4n) is 2.51. The molecule has 1 amide bonds. The summed E-state index contributed by atoms with van der Waals surface area (Å²) in [5, 5.41) is 0. The van der Waals surface area contributed by atoms with Crippen LogP contribution in [0.15, 0.2) is 18.2 Å². The molecule has 1 fully saturated rings. The molecule has 0 aliphatic carbocycles. The third-order valence-electron chi connectivity index (χ3n) is 3.76. The number of nitrogens with two attached hydrogens (primary N) is 1. The van der Waals surface area contributed by atoms with E-state index in [1.807, 2.05) is 13.0 Å². The largest absolute Gasteiger partial charge is 0.490 e. The Labute approximate surface area is 144 Å². The number of halogens is 1. The summed E-state index contributed by atoms with van der Waals surface area (Å²) in [6, 6.07) is 5.49. The van der Waals surface area contributed by atoms with E-state index in [-0.39, 0.29) is 24.4 Å². The maximum absolute atomic E-state index is 12.5.